The van der Waals surface area contributed by atoms with Crippen LogP contribution in [0.3, 0.4) is 0 Å². The van der Waals surface area contributed by atoms with Gasteiger partial charge in [-0.3, -0.25) is 0 Å². The van der Waals surface area contributed by atoms with Crippen molar-refractivity contribution in [3.05, 3.63) is 33.8 Å². The van der Waals surface area contributed by atoms with Gasteiger partial charge in [0, 0.05) is 5.02 Å². The van der Waals surface area contributed by atoms with Crippen molar-refractivity contribution in [2.75, 3.05) is 6.54 Å². The average Bonchev–Trinajstić information content (AvgIpc) is 2.23. The molecule has 0 radical (unpaired) electrons. The van der Waals surface area contributed by atoms with Gasteiger partial charge in [-0.1, -0.05) is 31.5 Å². The first-order valence-electron chi connectivity index (χ1n) is 5.94. The van der Waals surface area contributed by atoms with Crippen LogP contribution >= 0.6 is 11.6 Å². The van der Waals surface area contributed by atoms with Gasteiger partial charge in [0.05, 0.1) is 0 Å². The summed E-state index contributed by atoms with van der Waals surface area (Å²) in [5, 5.41) is 0.888. The van der Waals surface area contributed by atoms with Crippen LogP contribution in [0.4, 0.5) is 0 Å². The van der Waals surface area contributed by atoms with E-state index in [-0.39, 0.29) is 0 Å². The van der Waals surface area contributed by atoms with E-state index in [2.05, 4.69) is 39.8 Å². The van der Waals surface area contributed by atoms with E-state index in [1.807, 2.05) is 0 Å². The molecular formula is C14H22ClN. The molecule has 2 N–H and O–H groups in total. The molecule has 2 heteroatoms. The summed E-state index contributed by atoms with van der Waals surface area (Å²) in [6.45, 7) is 9.45. The van der Waals surface area contributed by atoms with Crippen molar-refractivity contribution in [1.29, 1.82) is 0 Å². The maximum Gasteiger partial charge on any atom is 0.0443 e. The Morgan fingerprint density at radius 1 is 1.19 bits per heavy atom. The Bertz CT molecular complexity index is 360. The monoisotopic (exact) mass is 239 g/mol. The number of rotatable bonds is 4. The van der Waals surface area contributed by atoms with E-state index >= 15 is 0 Å². The molecule has 0 heterocycles. The highest BCUT2D eigenvalue weighted by Gasteiger charge is 2.17. The van der Waals surface area contributed by atoms with Crippen molar-refractivity contribution in [3.63, 3.8) is 0 Å². The average molecular weight is 240 g/mol. The molecule has 0 saturated carbocycles. The van der Waals surface area contributed by atoms with E-state index in [4.69, 9.17) is 17.3 Å². The van der Waals surface area contributed by atoms with Crippen LogP contribution < -0.4 is 5.73 Å². The lowest BCUT2D eigenvalue weighted by atomic mass is 9.85. The zero-order chi connectivity index (χ0) is 12.3. The Hall–Kier alpha value is -0.530. The summed E-state index contributed by atoms with van der Waals surface area (Å²) in [5.74, 6) is 1.04. The number of halogens is 1. The number of nitrogens with two attached hydrogens (primary N) is 1. The molecule has 0 aliphatic rings. The molecule has 0 aromatic heterocycles. The van der Waals surface area contributed by atoms with Gasteiger partial charge in [-0.05, 0) is 61.4 Å². The van der Waals surface area contributed by atoms with Crippen LogP contribution in [0.1, 0.15) is 42.9 Å². The predicted molar refractivity (Wildman–Crippen MR) is 72.2 cm³/mol. The molecule has 0 amide bonds. The lowest BCUT2D eigenvalue weighted by Gasteiger charge is -2.22. The quantitative estimate of drug-likeness (QED) is 0.843. The van der Waals surface area contributed by atoms with Gasteiger partial charge in [-0.15, -0.1) is 0 Å². The van der Waals surface area contributed by atoms with E-state index in [0.717, 1.165) is 18.0 Å². The molecule has 0 bridgehead atoms. The third kappa shape index (κ3) is 2.99. The Balaban J connectivity index is 2.99. The molecular weight excluding hydrogens is 218 g/mol. The van der Waals surface area contributed by atoms with E-state index in [0.29, 0.717) is 11.8 Å². The maximum atomic E-state index is 6.31. The van der Waals surface area contributed by atoms with Crippen LogP contribution in [0, 0.1) is 19.8 Å². The fourth-order valence-electron chi connectivity index (χ4n) is 1.97. The first-order valence-corrected chi connectivity index (χ1v) is 6.31. The molecule has 0 saturated heterocycles. The lowest BCUT2D eigenvalue weighted by Crippen LogP contribution is -2.12. The smallest absolute Gasteiger partial charge is 0.0443 e. The fourth-order valence-corrected chi connectivity index (χ4v) is 2.36. The first-order chi connectivity index (χ1) is 7.47. The fraction of sp³-hybridized carbons (Fsp3) is 0.571. The summed E-state index contributed by atoms with van der Waals surface area (Å²) in [4.78, 5) is 0. The normalized spacial score (nSPS) is 14.9. The third-order valence-corrected chi connectivity index (χ3v) is 3.91. The number of hydrogen-bond donors (Lipinski definition) is 1. The molecule has 90 valence electrons. The number of hydrogen-bond acceptors (Lipinski definition) is 1. The SMILES string of the molecule is Cc1cc(Cl)c(C(C)C(C)CCN)cc1C. The number of aryl methyl sites for hydroxylation is 2. The maximum absolute atomic E-state index is 6.31. The Labute approximate surface area is 104 Å². The van der Waals surface area contributed by atoms with E-state index in [9.17, 15) is 0 Å². The van der Waals surface area contributed by atoms with Gasteiger partial charge in [0.15, 0.2) is 0 Å². The van der Waals surface area contributed by atoms with Crippen molar-refractivity contribution in [3.8, 4) is 0 Å². The Morgan fingerprint density at radius 3 is 2.31 bits per heavy atom. The van der Waals surface area contributed by atoms with Gasteiger partial charge in [0.25, 0.3) is 0 Å². The summed E-state index contributed by atoms with van der Waals surface area (Å²) in [6, 6.07) is 4.28. The minimum Gasteiger partial charge on any atom is -0.330 e. The molecule has 1 aromatic carbocycles. The highest BCUT2D eigenvalue weighted by molar-refractivity contribution is 6.31. The summed E-state index contributed by atoms with van der Waals surface area (Å²) in [7, 11) is 0. The second kappa shape index (κ2) is 5.70. The lowest BCUT2D eigenvalue weighted by molar-refractivity contribution is 0.459. The zero-order valence-corrected chi connectivity index (χ0v) is 11.4. The van der Waals surface area contributed by atoms with Gasteiger partial charge >= 0.3 is 0 Å². The van der Waals surface area contributed by atoms with Crippen LogP contribution in [-0.4, -0.2) is 6.54 Å². The standard InChI is InChI=1S/C14H22ClN/c1-9(5-6-16)12(4)13-7-10(2)11(3)8-14(13)15/h7-9,12H,5-6,16H2,1-4H3. The van der Waals surface area contributed by atoms with Crippen LogP contribution in [-0.2, 0) is 0 Å². The molecule has 1 rings (SSSR count). The molecule has 0 aliphatic heterocycles. The van der Waals surface area contributed by atoms with E-state index < -0.39 is 0 Å². The summed E-state index contributed by atoms with van der Waals surface area (Å²) < 4.78 is 0. The molecule has 1 aromatic rings. The van der Waals surface area contributed by atoms with E-state index in [1.165, 1.54) is 16.7 Å². The summed E-state index contributed by atoms with van der Waals surface area (Å²) in [5.41, 5.74) is 9.43. The van der Waals surface area contributed by atoms with E-state index in [1.54, 1.807) is 0 Å². The van der Waals surface area contributed by atoms with Crippen LogP contribution in [0.2, 0.25) is 5.02 Å². The highest BCUT2D eigenvalue weighted by atomic mass is 35.5. The molecule has 0 aliphatic carbocycles. The first kappa shape index (κ1) is 13.5. The topological polar surface area (TPSA) is 26.0 Å². The minimum atomic E-state index is 0.468. The Morgan fingerprint density at radius 2 is 1.75 bits per heavy atom. The second-order valence-corrected chi connectivity index (χ2v) is 5.21. The largest absolute Gasteiger partial charge is 0.330 e. The van der Waals surface area contributed by atoms with Crippen LogP contribution in [0.25, 0.3) is 0 Å². The van der Waals surface area contributed by atoms with Gasteiger partial charge in [-0.25, -0.2) is 0 Å². The third-order valence-electron chi connectivity index (χ3n) is 3.58. The van der Waals surface area contributed by atoms with Crippen molar-refractivity contribution in [2.45, 2.75) is 40.0 Å². The van der Waals surface area contributed by atoms with Gasteiger partial charge in [0.1, 0.15) is 0 Å². The van der Waals surface area contributed by atoms with Crippen LogP contribution in [0.15, 0.2) is 12.1 Å². The van der Waals surface area contributed by atoms with Crippen molar-refractivity contribution in [1.82, 2.24) is 0 Å². The van der Waals surface area contributed by atoms with Crippen molar-refractivity contribution >= 4 is 11.6 Å². The summed E-state index contributed by atoms with van der Waals surface area (Å²) >= 11 is 6.31. The number of benzene rings is 1. The van der Waals surface area contributed by atoms with Crippen molar-refractivity contribution in [2.24, 2.45) is 11.7 Å². The molecule has 16 heavy (non-hydrogen) atoms. The molecule has 0 spiro atoms. The van der Waals surface area contributed by atoms with Gasteiger partial charge in [0.2, 0.25) is 0 Å². The predicted octanol–water partition coefficient (Wildman–Crippen LogP) is 4.05. The Kier molecular flexibility index (Phi) is 4.82. The zero-order valence-electron chi connectivity index (χ0n) is 10.7. The highest BCUT2D eigenvalue weighted by Crippen LogP contribution is 2.33. The minimum absolute atomic E-state index is 0.468. The molecule has 1 nitrogen and oxygen atoms in total. The van der Waals surface area contributed by atoms with Gasteiger partial charge in [-0.2, -0.15) is 0 Å². The molecule has 0 fully saturated rings. The second-order valence-electron chi connectivity index (χ2n) is 4.80. The van der Waals surface area contributed by atoms with Crippen LogP contribution in [0.5, 0.6) is 0 Å². The van der Waals surface area contributed by atoms with Crippen molar-refractivity contribution < 1.29 is 0 Å². The molecule has 2 unspecified atom stereocenters. The van der Waals surface area contributed by atoms with Gasteiger partial charge < -0.3 is 5.73 Å². The summed E-state index contributed by atoms with van der Waals surface area (Å²) in [6.07, 6.45) is 1.05. The molecule has 2 atom stereocenters.